The van der Waals surface area contributed by atoms with Crippen LogP contribution in [-0.2, 0) is 6.54 Å². The first-order chi connectivity index (χ1) is 9.15. The Hall–Kier alpha value is -0.900. The second-order valence-corrected chi connectivity index (χ2v) is 5.91. The van der Waals surface area contributed by atoms with Crippen LogP contribution in [0.3, 0.4) is 0 Å². The molecule has 19 heavy (non-hydrogen) atoms. The Morgan fingerprint density at radius 2 is 1.89 bits per heavy atom. The number of benzene rings is 1. The first-order valence-corrected chi connectivity index (χ1v) is 7.37. The standard InChI is InChI=1S/C16H27N3/c1-14(17)12-18(2)16-8-10-19(11-9-16)13-15-6-4-3-5-7-15/h3-7,14,16H,8-13,17H2,1-2H3. The molecule has 0 aromatic heterocycles. The summed E-state index contributed by atoms with van der Waals surface area (Å²) in [6, 6.07) is 11.7. The van der Waals surface area contributed by atoms with Gasteiger partial charge in [-0.2, -0.15) is 0 Å². The average Bonchev–Trinajstić information content (AvgIpc) is 2.40. The lowest BCUT2D eigenvalue weighted by Gasteiger charge is -2.37. The highest BCUT2D eigenvalue weighted by atomic mass is 15.2. The lowest BCUT2D eigenvalue weighted by atomic mass is 10.0. The molecule has 0 saturated carbocycles. The molecule has 3 heteroatoms. The zero-order valence-electron chi connectivity index (χ0n) is 12.3. The van der Waals surface area contributed by atoms with Crippen LogP contribution < -0.4 is 5.73 Å². The highest BCUT2D eigenvalue weighted by Gasteiger charge is 2.22. The van der Waals surface area contributed by atoms with Crippen molar-refractivity contribution in [3.63, 3.8) is 0 Å². The summed E-state index contributed by atoms with van der Waals surface area (Å²) in [5, 5.41) is 0. The predicted octanol–water partition coefficient (Wildman–Crippen LogP) is 1.93. The molecule has 2 rings (SSSR count). The van der Waals surface area contributed by atoms with E-state index < -0.39 is 0 Å². The number of piperidine rings is 1. The third kappa shape index (κ3) is 4.60. The first kappa shape index (κ1) is 14.5. The van der Waals surface area contributed by atoms with Crippen molar-refractivity contribution in [2.75, 3.05) is 26.7 Å². The van der Waals surface area contributed by atoms with E-state index in [9.17, 15) is 0 Å². The molecule has 1 aromatic carbocycles. The third-order valence-electron chi connectivity index (χ3n) is 4.01. The normalized spacial score (nSPS) is 19.8. The molecule has 1 aromatic rings. The van der Waals surface area contributed by atoms with Gasteiger partial charge >= 0.3 is 0 Å². The van der Waals surface area contributed by atoms with E-state index in [0.717, 1.165) is 13.1 Å². The minimum Gasteiger partial charge on any atom is -0.327 e. The van der Waals surface area contributed by atoms with Gasteiger partial charge in [0.1, 0.15) is 0 Å². The number of nitrogens with zero attached hydrogens (tertiary/aromatic N) is 2. The van der Waals surface area contributed by atoms with E-state index in [1.54, 1.807) is 0 Å². The van der Waals surface area contributed by atoms with Gasteiger partial charge in [-0.15, -0.1) is 0 Å². The van der Waals surface area contributed by atoms with E-state index >= 15 is 0 Å². The molecule has 106 valence electrons. The van der Waals surface area contributed by atoms with E-state index in [1.807, 2.05) is 0 Å². The maximum absolute atomic E-state index is 5.88. The van der Waals surface area contributed by atoms with Crippen molar-refractivity contribution in [3.05, 3.63) is 35.9 Å². The van der Waals surface area contributed by atoms with Gasteiger partial charge in [-0.05, 0) is 45.5 Å². The van der Waals surface area contributed by atoms with Crippen LogP contribution in [0.4, 0.5) is 0 Å². The molecule has 0 amide bonds. The summed E-state index contributed by atoms with van der Waals surface area (Å²) in [7, 11) is 2.21. The number of hydrogen-bond donors (Lipinski definition) is 1. The number of likely N-dealkylation sites (N-methyl/N-ethyl adjacent to an activating group) is 1. The SMILES string of the molecule is CC(N)CN(C)C1CCN(Cc2ccccc2)CC1. The zero-order chi connectivity index (χ0) is 13.7. The van der Waals surface area contributed by atoms with Crippen molar-refractivity contribution in [3.8, 4) is 0 Å². The Labute approximate surface area is 117 Å². The molecule has 1 heterocycles. The van der Waals surface area contributed by atoms with Gasteiger partial charge in [-0.1, -0.05) is 30.3 Å². The van der Waals surface area contributed by atoms with Crippen LogP contribution in [0.25, 0.3) is 0 Å². The Kier molecular flexibility index (Phi) is 5.37. The van der Waals surface area contributed by atoms with Crippen LogP contribution in [0.2, 0.25) is 0 Å². The molecule has 1 atom stereocenters. The molecule has 0 radical (unpaired) electrons. The maximum atomic E-state index is 5.88. The number of likely N-dealkylation sites (tertiary alicyclic amines) is 1. The van der Waals surface area contributed by atoms with E-state index in [2.05, 4.69) is 54.1 Å². The number of rotatable bonds is 5. The fraction of sp³-hybridized carbons (Fsp3) is 0.625. The molecule has 0 bridgehead atoms. The van der Waals surface area contributed by atoms with Crippen molar-refractivity contribution in [2.45, 2.75) is 38.4 Å². The molecule has 3 nitrogen and oxygen atoms in total. The molecule has 1 aliphatic rings. The molecule has 1 fully saturated rings. The molecule has 0 aliphatic carbocycles. The number of hydrogen-bond acceptors (Lipinski definition) is 3. The van der Waals surface area contributed by atoms with Crippen LogP contribution in [0.1, 0.15) is 25.3 Å². The molecule has 0 spiro atoms. The Morgan fingerprint density at radius 3 is 2.47 bits per heavy atom. The molecular weight excluding hydrogens is 234 g/mol. The fourth-order valence-electron chi connectivity index (χ4n) is 2.96. The molecule has 2 N–H and O–H groups in total. The Bertz CT molecular complexity index is 356. The van der Waals surface area contributed by atoms with Gasteiger partial charge in [-0.25, -0.2) is 0 Å². The van der Waals surface area contributed by atoms with Gasteiger partial charge in [0.2, 0.25) is 0 Å². The maximum Gasteiger partial charge on any atom is 0.0233 e. The fourth-order valence-corrected chi connectivity index (χ4v) is 2.96. The lowest BCUT2D eigenvalue weighted by molar-refractivity contribution is 0.120. The van der Waals surface area contributed by atoms with Gasteiger partial charge in [0, 0.05) is 25.2 Å². The second-order valence-electron chi connectivity index (χ2n) is 5.91. The van der Waals surface area contributed by atoms with Crippen LogP contribution >= 0.6 is 0 Å². The quantitative estimate of drug-likeness (QED) is 0.879. The van der Waals surface area contributed by atoms with Gasteiger partial charge in [0.05, 0.1) is 0 Å². The van der Waals surface area contributed by atoms with Crippen molar-refractivity contribution >= 4 is 0 Å². The molecule has 1 aliphatic heterocycles. The van der Waals surface area contributed by atoms with Gasteiger partial charge in [-0.3, -0.25) is 4.90 Å². The van der Waals surface area contributed by atoms with Gasteiger partial charge in [0.25, 0.3) is 0 Å². The van der Waals surface area contributed by atoms with Crippen molar-refractivity contribution < 1.29 is 0 Å². The Balaban J connectivity index is 1.76. The van der Waals surface area contributed by atoms with Crippen LogP contribution in [0.5, 0.6) is 0 Å². The monoisotopic (exact) mass is 261 g/mol. The minimum atomic E-state index is 0.271. The Morgan fingerprint density at radius 1 is 1.26 bits per heavy atom. The highest BCUT2D eigenvalue weighted by Crippen LogP contribution is 2.17. The minimum absolute atomic E-state index is 0.271. The molecule has 1 unspecified atom stereocenters. The summed E-state index contributed by atoms with van der Waals surface area (Å²) in [5.74, 6) is 0. The largest absolute Gasteiger partial charge is 0.327 e. The van der Waals surface area contributed by atoms with E-state index in [1.165, 1.54) is 31.5 Å². The van der Waals surface area contributed by atoms with Gasteiger partial charge < -0.3 is 10.6 Å². The zero-order valence-corrected chi connectivity index (χ0v) is 12.3. The van der Waals surface area contributed by atoms with E-state index in [4.69, 9.17) is 5.73 Å². The predicted molar refractivity (Wildman–Crippen MR) is 81.0 cm³/mol. The third-order valence-corrected chi connectivity index (χ3v) is 4.01. The summed E-state index contributed by atoms with van der Waals surface area (Å²) in [4.78, 5) is 5.00. The second kappa shape index (κ2) is 7.04. The van der Waals surface area contributed by atoms with E-state index in [-0.39, 0.29) is 6.04 Å². The van der Waals surface area contributed by atoms with Crippen molar-refractivity contribution in [2.24, 2.45) is 5.73 Å². The highest BCUT2D eigenvalue weighted by molar-refractivity contribution is 5.14. The summed E-state index contributed by atoms with van der Waals surface area (Å²) >= 11 is 0. The van der Waals surface area contributed by atoms with Gasteiger partial charge in [0.15, 0.2) is 0 Å². The summed E-state index contributed by atoms with van der Waals surface area (Å²) in [6.45, 7) is 6.57. The van der Waals surface area contributed by atoms with Crippen LogP contribution in [0.15, 0.2) is 30.3 Å². The van der Waals surface area contributed by atoms with Crippen LogP contribution in [0, 0.1) is 0 Å². The topological polar surface area (TPSA) is 32.5 Å². The summed E-state index contributed by atoms with van der Waals surface area (Å²) in [6.07, 6.45) is 2.52. The summed E-state index contributed by atoms with van der Waals surface area (Å²) < 4.78 is 0. The lowest BCUT2D eigenvalue weighted by Crippen LogP contribution is -2.46. The van der Waals surface area contributed by atoms with Crippen LogP contribution in [-0.4, -0.2) is 48.6 Å². The van der Waals surface area contributed by atoms with E-state index in [0.29, 0.717) is 6.04 Å². The van der Waals surface area contributed by atoms with Crippen molar-refractivity contribution in [1.82, 2.24) is 9.80 Å². The average molecular weight is 261 g/mol. The first-order valence-electron chi connectivity index (χ1n) is 7.37. The number of nitrogens with two attached hydrogens (primary N) is 1. The van der Waals surface area contributed by atoms with Crippen molar-refractivity contribution in [1.29, 1.82) is 0 Å². The summed E-state index contributed by atoms with van der Waals surface area (Å²) in [5.41, 5.74) is 7.30. The smallest absolute Gasteiger partial charge is 0.0233 e. The molecular formula is C16H27N3. The molecule has 1 saturated heterocycles.